The zero-order chi connectivity index (χ0) is 26.5. The molecule has 0 bridgehead atoms. The minimum atomic E-state index is -1.10. The molecule has 0 aromatic carbocycles. The number of rotatable bonds is 16. The normalized spacial score (nSPS) is 10.9. The minimum absolute atomic E-state index is 0.156. The van der Waals surface area contributed by atoms with Gasteiger partial charge in [0.05, 0.1) is 19.8 Å². The Balaban J connectivity index is -0.000000170. The quantitative estimate of drug-likeness (QED) is 0.116. The molecule has 0 aromatic heterocycles. The standard InChI is InChI=1S/C6H14O3.3C6H14O2/c1-2-6(3-7,4-8)5-9;3*1-2-3-4-5-6(7)8/h7-9H,2-5H2,1H3;3*6-8H,2-5H2,1H3. The lowest BCUT2D eigenvalue weighted by molar-refractivity contribution is -0.0472. The fourth-order valence-corrected chi connectivity index (χ4v) is 2.22. The molecule has 0 aromatic rings. The molecule has 0 amide bonds. The zero-order valence-electron chi connectivity index (χ0n) is 21.6. The van der Waals surface area contributed by atoms with Gasteiger partial charge < -0.3 is 46.0 Å². The van der Waals surface area contributed by atoms with Crippen molar-refractivity contribution in [2.75, 3.05) is 19.8 Å². The van der Waals surface area contributed by atoms with Crippen molar-refractivity contribution in [3.63, 3.8) is 0 Å². The van der Waals surface area contributed by atoms with Crippen LogP contribution in [0.15, 0.2) is 0 Å². The Morgan fingerprint density at radius 2 is 0.697 bits per heavy atom. The molecule has 0 saturated heterocycles. The molecule has 9 heteroatoms. The van der Waals surface area contributed by atoms with E-state index in [2.05, 4.69) is 20.8 Å². The van der Waals surface area contributed by atoms with Crippen LogP contribution in [0.3, 0.4) is 0 Å². The first-order valence-corrected chi connectivity index (χ1v) is 12.5. The molecule has 33 heavy (non-hydrogen) atoms. The summed E-state index contributed by atoms with van der Waals surface area (Å²) in [6.07, 6.45) is 8.33. The zero-order valence-corrected chi connectivity index (χ0v) is 21.6. The maximum Gasteiger partial charge on any atom is 0.151 e. The summed E-state index contributed by atoms with van der Waals surface area (Å²) < 4.78 is 0. The maximum absolute atomic E-state index is 8.66. The molecule has 0 aliphatic heterocycles. The van der Waals surface area contributed by atoms with E-state index in [9.17, 15) is 0 Å². The minimum Gasteiger partial charge on any atom is -0.396 e. The second-order valence-electron chi connectivity index (χ2n) is 8.26. The van der Waals surface area contributed by atoms with E-state index in [1.165, 1.54) is 0 Å². The topological polar surface area (TPSA) is 182 Å². The fraction of sp³-hybridized carbons (Fsp3) is 1.00. The van der Waals surface area contributed by atoms with Crippen LogP contribution in [0.5, 0.6) is 0 Å². The van der Waals surface area contributed by atoms with Crippen LogP contribution in [0, 0.1) is 5.41 Å². The lowest BCUT2D eigenvalue weighted by Gasteiger charge is -2.24. The van der Waals surface area contributed by atoms with Crippen molar-refractivity contribution >= 4 is 0 Å². The lowest BCUT2D eigenvalue weighted by Crippen LogP contribution is -2.32. The van der Waals surface area contributed by atoms with Crippen LogP contribution in [0.1, 0.15) is 111 Å². The Labute approximate surface area is 201 Å². The maximum atomic E-state index is 8.66. The molecule has 0 radical (unpaired) electrons. The van der Waals surface area contributed by atoms with Crippen LogP contribution in [0.4, 0.5) is 0 Å². The van der Waals surface area contributed by atoms with E-state index in [1.807, 2.05) is 6.92 Å². The van der Waals surface area contributed by atoms with Gasteiger partial charge in [0.25, 0.3) is 0 Å². The summed E-state index contributed by atoms with van der Waals surface area (Å²) in [5.74, 6) is 0. The molecule has 0 heterocycles. The first-order valence-electron chi connectivity index (χ1n) is 12.5. The second kappa shape index (κ2) is 31.6. The van der Waals surface area contributed by atoms with Crippen LogP contribution >= 0.6 is 0 Å². The van der Waals surface area contributed by atoms with Crippen molar-refractivity contribution in [3.05, 3.63) is 0 Å². The fourth-order valence-electron chi connectivity index (χ4n) is 2.22. The van der Waals surface area contributed by atoms with Crippen molar-refractivity contribution in [1.29, 1.82) is 0 Å². The van der Waals surface area contributed by atoms with Crippen molar-refractivity contribution in [3.8, 4) is 0 Å². The van der Waals surface area contributed by atoms with Crippen LogP contribution in [0.2, 0.25) is 0 Å². The Kier molecular flexibility index (Phi) is 38.2. The van der Waals surface area contributed by atoms with E-state index in [1.54, 1.807) is 0 Å². The van der Waals surface area contributed by atoms with Gasteiger partial charge in [-0.2, -0.15) is 0 Å². The van der Waals surface area contributed by atoms with Gasteiger partial charge in [0, 0.05) is 5.41 Å². The molecule has 9 nitrogen and oxygen atoms in total. The Bertz CT molecular complexity index is 272. The van der Waals surface area contributed by atoms with Crippen LogP contribution < -0.4 is 0 Å². The van der Waals surface area contributed by atoms with E-state index < -0.39 is 24.3 Å². The van der Waals surface area contributed by atoms with E-state index in [-0.39, 0.29) is 19.8 Å². The van der Waals surface area contributed by atoms with E-state index >= 15 is 0 Å². The predicted octanol–water partition coefficient (Wildman–Crippen LogP) is 1.99. The highest BCUT2D eigenvalue weighted by molar-refractivity contribution is 4.74. The van der Waals surface area contributed by atoms with Gasteiger partial charge in [0.2, 0.25) is 0 Å². The number of hydrogen-bond donors (Lipinski definition) is 9. The third kappa shape index (κ3) is 39.2. The van der Waals surface area contributed by atoms with Gasteiger partial charge >= 0.3 is 0 Å². The van der Waals surface area contributed by atoms with Crippen LogP contribution in [-0.4, -0.2) is 84.6 Å². The third-order valence-corrected chi connectivity index (χ3v) is 4.95. The average Bonchev–Trinajstić information content (AvgIpc) is 2.77. The largest absolute Gasteiger partial charge is 0.396 e. The summed E-state index contributed by atoms with van der Waals surface area (Å²) in [5.41, 5.74) is -0.667. The Hall–Kier alpha value is -0.360. The molecule has 0 aliphatic carbocycles. The molecular formula is C24H56O9. The monoisotopic (exact) mass is 488 g/mol. The molecule has 0 atom stereocenters. The lowest BCUT2D eigenvalue weighted by atomic mass is 9.88. The van der Waals surface area contributed by atoms with Crippen molar-refractivity contribution < 1.29 is 46.0 Å². The van der Waals surface area contributed by atoms with E-state index in [0.717, 1.165) is 57.8 Å². The smallest absolute Gasteiger partial charge is 0.151 e. The molecule has 0 rings (SSSR count). The van der Waals surface area contributed by atoms with Gasteiger partial charge in [-0.3, -0.25) is 0 Å². The molecule has 0 aliphatic rings. The van der Waals surface area contributed by atoms with Gasteiger partial charge in [0.1, 0.15) is 0 Å². The van der Waals surface area contributed by atoms with E-state index in [0.29, 0.717) is 25.7 Å². The van der Waals surface area contributed by atoms with Crippen LogP contribution in [-0.2, 0) is 0 Å². The molecule has 0 spiro atoms. The van der Waals surface area contributed by atoms with Crippen molar-refractivity contribution in [1.82, 2.24) is 0 Å². The van der Waals surface area contributed by atoms with Gasteiger partial charge in [0.15, 0.2) is 18.9 Å². The summed E-state index contributed by atoms with van der Waals surface area (Å²) in [6.45, 7) is 7.61. The molecule has 0 fully saturated rings. The number of aliphatic hydroxyl groups is 9. The average molecular weight is 489 g/mol. The van der Waals surface area contributed by atoms with E-state index in [4.69, 9.17) is 46.0 Å². The summed E-state index contributed by atoms with van der Waals surface area (Å²) in [5, 5.41) is 76.0. The summed E-state index contributed by atoms with van der Waals surface area (Å²) in [4.78, 5) is 0. The summed E-state index contributed by atoms with van der Waals surface area (Å²) in [6, 6.07) is 0. The first-order chi connectivity index (χ1) is 15.6. The molecule has 0 unspecified atom stereocenters. The van der Waals surface area contributed by atoms with Crippen molar-refractivity contribution in [2.45, 2.75) is 130 Å². The summed E-state index contributed by atoms with van der Waals surface area (Å²) >= 11 is 0. The Morgan fingerprint density at radius 1 is 0.455 bits per heavy atom. The first kappa shape index (κ1) is 39.8. The highest BCUT2D eigenvalue weighted by Gasteiger charge is 2.24. The van der Waals surface area contributed by atoms with Gasteiger partial charge in [-0.1, -0.05) is 66.2 Å². The number of hydrogen-bond acceptors (Lipinski definition) is 9. The van der Waals surface area contributed by atoms with Gasteiger partial charge in [-0.05, 0) is 44.9 Å². The van der Waals surface area contributed by atoms with Crippen LogP contribution in [0.25, 0.3) is 0 Å². The molecule has 9 N–H and O–H groups in total. The SMILES string of the molecule is CCC(CO)(CO)CO.CCCCCC(O)O.CCCCCC(O)O.CCCCCC(O)O. The third-order valence-electron chi connectivity index (χ3n) is 4.95. The molecule has 206 valence electrons. The van der Waals surface area contributed by atoms with Crippen molar-refractivity contribution in [2.24, 2.45) is 5.41 Å². The van der Waals surface area contributed by atoms with Gasteiger partial charge in [-0.25, -0.2) is 0 Å². The van der Waals surface area contributed by atoms with Gasteiger partial charge in [-0.15, -0.1) is 0 Å². The molecule has 0 saturated carbocycles. The molecular weight excluding hydrogens is 432 g/mol. The Morgan fingerprint density at radius 3 is 0.788 bits per heavy atom. The second-order valence-corrected chi connectivity index (χ2v) is 8.26. The predicted molar refractivity (Wildman–Crippen MR) is 131 cm³/mol. The summed E-state index contributed by atoms with van der Waals surface area (Å²) in [7, 11) is 0. The highest BCUT2D eigenvalue weighted by Crippen LogP contribution is 2.18. The number of aliphatic hydroxyl groups excluding tert-OH is 6. The number of unbranched alkanes of at least 4 members (excludes halogenated alkanes) is 6. The highest BCUT2D eigenvalue weighted by atomic mass is 16.5.